The van der Waals surface area contributed by atoms with E-state index in [4.69, 9.17) is 14.7 Å². The molecule has 2 aromatic heterocycles. The third-order valence-electron chi connectivity index (χ3n) is 6.12. The summed E-state index contributed by atoms with van der Waals surface area (Å²) in [6, 6.07) is 15.3. The Bertz CT molecular complexity index is 1450. The van der Waals surface area contributed by atoms with Gasteiger partial charge in [0, 0.05) is 35.0 Å². The van der Waals surface area contributed by atoms with Crippen LogP contribution in [-0.4, -0.2) is 31.2 Å². The summed E-state index contributed by atoms with van der Waals surface area (Å²) in [7, 11) is 0. The minimum absolute atomic E-state index is 0.169. The number of carbonyl (C=O) groups excluding carboxylic acids is 1. The van der Waals surface area contributed by atoms with E-state index in [9.17, 15) is 14.3 Å². The van der Waals surface area contributed by atoms with Crippen molar-refractivity contribution in [2.45, 2.75) is 43.6 Å². The van der Waals surface area contributed by atoms with Crippen molar-refractivity contribution in [3.05, 3.63) is 89.0 Å². The molecule has 5 rings (SSSR count). The number of hydrogen-bond donors (Lipinski definition) is 2. The Hall–Kier alpha value is -3.82. The number of pyridine rings is 1. The first-order valence-electron chi connectivity index (χ1n) is 11.9. The van der Waals surface area contributed by atoms with E-state index in [2.05, 4.69) is 10.3 Å². The number of rotatable bonds is 7. The van der Waals surface area contributed by atoms with Crippen molar-refractivity contribution in [1.29, 1.82) is 0 Å². The molecule has 9 heteroatoms. The molecule has 2 N–H and O–H groups in total. The number of aliphatic hydroxyl groups excluding tert-OH is 1. The number of amides is 1. The van der Waals surface area contributed by atoms with Crippen molar-refractivity contribution in [1.82, 2.24) is 15.0 Å². The van der Waals surface area contributed by atoms with E-state index < -0.39 is 5.25 Å². The number of halogens is 1. The van der Waals surface area contributed by atoms with E-state index in [0.29, 0.717) is 52.3 Å². The second-order valence-corrected chi connectivity index (χ2v) is 9.82. The van der Waals surface area contributed by atoms with Gasteiger partial charge in [0.1, 0.15) is 10.8 Å². The van der Waals surface area contributed by atoms with Crippen molar-refractivity contribution in [3.8, 4) is 23.0 Å². The predicted octanol–water partition coefficient (Wildman–Crippen LogP) is 5.68. The van der Waals surface area contributed by atoms with Gasteiger partial charge in [0.2, 0.25) is 11.8 Å². The zero-order valence-corrected chi connectivity index (χ0v) is 21.2. The number of aromatic nitrogens is 3. The SMILES string of the molecule is CC[C@H](Sc1nc(-c2ccccc2)nc2c1Cc1c(CO)cnc(C)c1O2)C(=O)Nc1ccc(F)cc1. The molecule has 7 nitrogen and oxygen atoms in total. The van der Waals surface area contributed by atoms with Crippen LogP contribution in [0.15, 0.2) is 65.8 Å². The minimum Gasteiger partial charge on any atom is -0.436 e. The Morgan fingerprint density at radius 2 is 1.89 bits per heavy atom. The highest BCUT2D eigenvalue weighted by Gasteiger charge is 2.30. The molecule has 0 spiro atoms. The first kappa shape index (κ1) is 24.9. The fourth-order valence-corrected chi connectivity index (χ4v) is 5.16. The van der Waals surface area contributed by atoms with Crippen LogP contribution in [0, 0.1) is 12.7 Å². The lowest BCUT2D eigenvalue weighted by molar-refractivity contribution is -0.115. The summed E-state index contributed by atoms with van der Waals surface area (Å²) >= 11 is 1.34. The van der Waals surface area contributed by atoms with Gasteiger partial charge in [-0.05, 0) is 37.6 Å². The molecule has 37 heavy (non-hydrogen) atoms. The number of nitrogens with one attached hydrogen (secondary N) is 1. The molecule has 1 aliphatic rings. The summed E-state index contributed by atoms with van der Waals surface area (Å²) in [5.41, 5.74) is 4.32. The van der Waals surface area contributed by atoms with Gasteiger partial charge in [0.15, 0.2) is 11.6 Å². The van der Waals surface area contributed by atoms with E-state index in [0.717, 1.165) is 16.7 Å². The van der Waals surface area contributed by atoms with Crippen LogP contribution in [-0.2, 0) is 17.8 Å². The van der Waals surface area contributed by atoms with E-state index in [1.807, 2.05) is 44.2 Å². The zero-order chi connectivity index (χ0) is 25.9. The molecule has 0 saturated heterocycles. The molecule has 0 radical (unpaired) electrons. The molecule has 1 amide bonds. The number of thioether (sulfide) groups is 1. The van der Waals surface area contributed by atoms with Crippen molar-refractivity contribution in [3.63, 3.8) is 0 Å². The predicted molar refractivity (Wildman–Crippen MR) is 140 cm³/mol. The van der Waals surface area contributed by atoms with Gasteiger partial charge in [-0.25, -0.2) is 9.37 Å². The molecule has 3 heterocycles. The summed E-state index contributed by atoms with van der Waals surface area (Å²) < 4.78 is 19.6. The molecule has 188 valence electrons. The number of hydrogen-bond acceptors (Lipinski definition) is 7. The van der Waals surface area contributed by atoms with Gasteiger partial charge in [-0.2, -0.15) is 4.98 Å². The molecular formula is C28H25FN4O3S. The van der Waals surface area contributed by atoms with Gasteiger partial charge in [0.25, 0.3) is 0 Å². The monoisotopic (exact) mass is 516 g/mol. The van der Waals surface area contributed by atoms with E-state index in [-0.39, 0.29) is 18.3 Å². The van der Waals surface area contributed by atoms with Crippen LogP contribution in [0.3, 0.4) is 0 Å². The van der Waals surface area contributed by atoms with Crippen LogP contribution in [0.2, 0.25) is 0 Å². The van der Waals surface area contributed by atoms with Gasteiger partial charge in [-0.15, -0.1) is 0 Å². The molecule has 2 aromatic carbocycles. The smallest absolute Gasteiger partial charge is 0.237 e. The van der Waals surface area contributed by atoms with Gasteiger partial charge in [-0.3, -0.25) is 9.78 Å². The quantitative estimate of drug-likeness (QED) is 0.212. The molecule has 0 saturated carbocycles. The normalized spacial score (nSPS) is 12.8. The maximum atomic E-state index is 13.3. The van der Waals surface area contributed by atoms with Crippen LogP contribution in [0.5, 0.6) is 11.6 Å². The molecular weight excluding hydrogens is 491 g/mol. The number of nitrogens with zero attached hydrogens (tertiary/aromatic N) is 3. The average molecular weight is 517 g/mol. The molecule has 0 aliphatic carbocycles. The molecule has 4 aromatic rings. The van der Waals surface area contributed by atoms with Crippen LogP contribution in [0.25, 0.3) is 11.4 Å². The van der Waals surface area contributed by atoms with E-state index in [1.54, 1.807) is 6.20 Å². The van der Waals surface area contributed by atoms with Crippen LogP contribution in [0.4, 0.5) is 10.1 Å². The molecule has 1 atom stereocenters. The van der Waals surface area contributed by atoms with E-state index in [1.165, 1.54) is 36.0 Å². The summed E-state index contributed by atoms with van der Waals surface area (Å²) in [4.78, 5) is 27.1. The highest BCUT2D eigenvalue weighted by atomic mass is 32.2. The maximum absolute atomic E-state index is 13.3. The van der Waals surface area contributed by atoms with Crippen molar-refractivity contribution >= 4 is 23.4 Å². The van der Waals surface area contributed by atoms with Gasteiger partial charge in [0.05, 0.1) is 23.1 Å². The van der Waals surface area contributed by atoms with Crippen LogP contribution in [0.1, 0.15) is 35.7 Å². The second kappa shape index (κ2) is 10.7. The summed E-state index contributed by atoms with van der Waals surface area (Å²) in [5.74, 6) is 0.920. The first-order chi connectivity index (χ1) is 18.0. The second-order valence-electron chi connectivity index (χ2n) is 8.63. The fraction of sp³-hybridized carbons (Fsp3) is 0.214. The minimum atomic E-state index is -0.467. The van der Waals surface area contributed by atoms with Crippen molar-refractivity contribution in [2.75, 3.05) is 5.32 Å². The number of ether oxygens (including phenoxy) is 1. The lowest BCUT2D eigenvalue weighted by atomic mass is 9.99. The number of aryl methyl sites for hydroxylation is 1. The first-order valence-corrected chi connectivity index (χ1v) is 12.8. The molecule has 1 aliphatic heterocycles. The Kier molecular flexibility index (Phi) is 7.16. The van der Waals surface area contributed by atoms with Gasteiger partial charge in [-0.1, -0.05) is 49.0 Å². The molecule has 0 unspecified atom stereocenters. The third kappa shape index (κ3) is 5.19. The molecule has 0 fully saturated rings. The van der Waals surface area contributed by atoms with Gasteiger partial charge < -0.3 is 15.2 Å². The van der Waals surface area contributed by atoms with Crippen LogP contribution >= 0.6 is 11.8 Å². The van der Waals surface area contributed by atoms with Crippen LogP contribution < -0.4 is 10.1 Å². The maximum Gasteiger partial charge on any atom is 0.237 e. The number of aliphatic hydroxyl groups is 1. The summed E-state index contributed by atoms with van der Waals surface area (Å²) in [6.45, 7) is 3.61. The standard InChI is InChI=1S/C28H25FN4O3S/c1-3-23(26(35)31-20-11-9-19(29)10-12-20)37-28-22-13-21-18(15-34)14-30-16(2)24(21)36-27(22)32-25(33-28)17-7-5-4-6-8-17/h4-12,14,23,34H,3,13,15H2,1-2H3,(H,31,35)/t23-/m0/s1. The number of fused-ring (bicyclic) bond motifs is 2. The third-order valence-corrected chi connectivity index (χ3v) is 7.51. The number of benzene rings is 2. The largest absolute Gasteiger partial charge is 0.436 e. The lowest BCUT2D eigenvalue weighted by Gasteiger charge is -2.25. The Balaban J connectivity index is 1.53. The van der Waals surface area contributed by atoms with Gasteiger partial charge >= 0.3 is 0 Å². The average Bonchev–Trinajstić information content (AvgIpc) is 2.92. The zero-order valence-electron chi connectivity index (χ0n) is 20.4. The van der Waals surface area contributed by atoms with Crippen molar-refractivity contribution in [2.24, 2.45) is 0 Å². The Morgan fingerprint density at radius 3 is 2.59 bits per heavy atom. The fourth-order valence-electron chi connectivity index (χ4n) is 4.12. The topological polar surface area (TPSA) is 97.2 Å². The Morgan fingerprint density at radius 1 is 1.14 bits per heavy atom. The summed E-state index contributed by atoms with van der Waals surface area (Å²) in [5, 5.41) is 12.9. The summed E-state index contributed by atoms with van der Waals surface area (Å²) in [6.07, 6.45) is 2.64. The number of carbonyl (C=O) groups is 1. The Labute approximate surface area is 218 Å². The number of anilines is 1. The van der Waals surface area contributed by atoms with Crippen molar-refractivity contribution < 1.29 is 19.0 Å². The van der Waals surface area contributed by atoms with E-state index >= 15 is 0 Å². The molecule has 0 bridgehead atoms. The highest BCUT2D eigenvalue weighted by molar-refractivity contribution is 8.00. The highest BCUT2D eigenvalue weighted by Crippen LogP contribution is 2.43. The lowest BCUT2D eigenvalue weighted by Crippen LogP contribution is -2.25.